The van der Waals surface area contributed by atoms with Crippen LogP contribution in [0.15, 0.2) is 35.2 Å². The molecule has 2 aromatic heterocycles. The molecule has 1 saturated carbocycles. The summed E-state index contributed by atoms with van der Waals surface area (Å²) in [6.07, 6.45) is 8.79. The number of fused-ring (bicyclic) bond motifs is 2. The molecule has 8 nitrogen and oxygen atoms in total. The molecule has 150 valence electrons. The number of hydrogen-bond acceptors (Lipinski definition) is 7. The third-order valence-electron chi connectivity index (χ3n) is 6.06. The molecule has 3 aliphatic rings. The van der Waals surface area contributed by atoms with Crippen molar-refractivity contribution in [2.75, 3.05) is 37.3 Å². The van der Waals surface area contributed by atoms with Gasteiger partial charge in [-0.15, -0.1) is 0 Å². The lowest BCUT2D eigenvalue weighted by molar-refractivity contribution is -0.114. The van der Waals surface area contributed by atoms with Crippen molar-refractivity contribution < 1.29 is 4.79 Å². The SMILES string of the molecule is CN1CCC2=NC(=O)C(Nc3ncc4ccnc(NCC5(C)CC5)c4n3)=CC2C1. The van der Waals surface area contributed by atoms with Crippen molar-refractivity contribution in [2.24, 2.45) is 16.3 Å². The first kappa shape index (κ1) is 18.2. The highest BCUT2D eigenvalue weighted by molar-refractivity contribution is 6.09. The van der Waals surface area contributed by atoms with E-state index in [2.05, 4.69) is 49.4 Å². The summed E-state index contributed by atoms with van der Waals surface area (Å²) < 4.78 is 0. The minimum atomic E-state index is -0.254. The first-order valence-electron chi connectivity index (χ1n) is 10.1. The summed E-state index contributed by atoms with van der Waals surface area (Å²) in [5.74, 6) is 1.04. The maximum absolute atomic E-state index is 12.5. The molecule has 2 aromatic rings. The number of amides is 1. The standard InChI is InChI=1S/C21H25N7O/c1-21(5-6-21)12-24-18-17-13(3-7-22-18)10-23-20(27-17)26-16-9-14-11-28(2)8-4-15(14)25-19(16)29/h3,7,9-10,14H,4-6,8,11-12H2,1-2H3,(H,22,24)(H,23,26,27). The number of pyridine rings is 1. The van der Waals surface area contributed by atoms with Gasteiger partial charge >= 0.3 is 0 Å². The van der Waals surface area contributed by atoms with Crippen LogP contribution in [-0.2, 0) is 4.79 Å². The largest absolute Gasteiger partial charge is 0.368 e. The van der Waals surface area contributed by atoms with Gasteiger partial charge in [0.2, 0.25) is 5.95 Å². The number of carbonyl (C=O) groups excluding carboxylic acids is 1. The quantitative estimate of drug-likeness (QED) is 0.808. The molecule has 1 amide bonds. The van der Waals surface area contributed by atoms with E-state index in [9.17, 15) is 4.79 Å². The zero-order valence-corrected chi connectivity index (χ0v) is 16.8. The van der Waals surface area contributed by atoms with Crippen LogP contribution in [0.2, 0.25) is 0 Å². The van der Waals surface area contributed by atoms with E-state index >= 15 is 0 Å². The average molecular weight is 391 g/mol. The second-order valence-electron chi connectivity index (χ2n) is 8.69. The lowest BCUT2D eigenvalue weighted by Gasteiger charge is -2.31. The molecule has 0 spiro atoms. The number of nitrogens with zero attached hydrogens (tertiary/aromatic N) is 5. The minimum absolute atomic E-state index is 0.160. The van der Waals surface area contributed by atoms with Crippen LogP contribution in [-0.4, -0.2) is 58.2 Å². The molecule has 2 aliphatic heterocycles. The molecule has 4 heterocycles. The Hall–Kier alpha value is -2.87. The summed E-state index contributed by atoms with van der Waals surface area (Å²) in [7, 11) is 2.09. The second kappa shape index (κ2) is 6.88. The number of anilines is 2. The number of dihydropyridines is 1. The Morgan fingerprint density at radius 3 is 3.00 bits per heavy atom. The number of piperidine rings is 1. The predicted molar refractivity (Wildman–Crippen MR) is 113 cm³/mol. The Morgan fingerprint density at radius 2 is 2.17 bits per heavy atom. The Morgan fingerprint density at radius 1 is 1.31 bits per heavy atom. The first-order valence-corrected chi connectivity index (χ1v) is 10.1. The van der Waals surface area contributed by atoms with Crippen molar-refractivity contribution in [2.45, 2.75) is 26.2 Å². The Bertz CT molecular complexity index is 1040. The van der Waals surface area contributed by atoms with E-state index in [1.165, 1.54) is 12.8 Å². The zero-order valence-electron chi connectivity index (χ0n) is 16.8. The van der Waals surface area contributed by atoms with Crippen LogP contribution in [0.1, 0.15) is 26.2 Å². The van der Waals surface area contributed by atoms with Crippen molar-refractivity contribution in [1.29, 1.82) is 0 Å². The summed E-state index contributed by atoms with van der Waals surface area (Å²) in [6.45, 7) is 4.95. The van der Waals surface area contributed by atoms with Gasteiger partial charge in [0.25, 0.3) is 5.91 Å². The molecule has 0 bridgehead atoms. The van der Waals surface area contributed by atoms with Crippen LogP contribution in [0.5, 0.6) is 0 Å². The lowest BCUT2D eigenvalue weighted by atomic mass is 9.92. The van der Waals surface area contributed by atoms with E-state index in [1.54, 1.807) is 12.4 Å². The number of rotatable bonds is 5. The number of likely N-dealkylation sites (tertiary alicyclic amines) is 1. The van der Waals surface area contributed by atoms with E-state index in [1.807, 2.05) is 12.1 Å². The second-order valence-corrected chi connectivity index (χ2v) is 8.69. The first-order chi connectivity index (χ1) is 14.0. The zero-order chi connectivity index (χ0) is 20.0. The summed E-state index contributed by atoms with van der Waals surface area (Å²) in [4.78, 5) is 32.5. The van der Waals surface area contributed by atoms with E-state index in [-0.39, 0.29) is 11.8 Å². The molecule has 5 rings (SSSR count). The van der Waals surface area contributed by atoms with Gasteiger partial charge in [-0.2, -0.15) is 0 Å². The van der Waals surface area contributed by atoms with Gasteiger partial charge in [-0.05, 0) is 43.9 Å². The minimum Gasteiger partial charge on any atom is -0.368 e. The maximum atomic E-state index is 12.5. The lowest BCUT2D eigenvalue weighted by Crippen LogP contribution is -2.40. The monoisotopic (exact) mass is 391 g/mol. The van der Waals surface area contributed by atoms with Crippen LogP contribution >= 0.6 is 0 Å². The number of hydrogen-bond donors (Lipinski definition) is 2. The summed E-state index contributed by atoms with van der Waals surface area (Å²) in [5.41, 5.74) is 2.53. The van der Waals surface area contributed by atoms with Gasteiger partial charge in [-0.25, -0.2) is 19.9 Å². The van der Waals surface area contributed by atoms with Crippen molar-refractivity contribution in [3.8, 4) is 0 Å². The fourth-order valence-electron chi connectivity index (χ4n) is 3.82. The average Bonchev–Trinajstić information content (AvgIpc) is 3.45. The van der Waals surface area contributed by atoms with Crippen molar-refractivity contribution in [1.82, 2.24) is 19.9 Å². The van der Waals surface area contributed by atoms with Gasteiger partial charge in [0.1, 0.15) is 11.2 Å². The van der Waals surface area contributed by atoms with Crippen LogP contribution in [0.25, 0.3) is 10.9 Å². The normalized spacial score (nSPS) is 23.2. The Balaban J connectivity index is 1.39. The van der Waals surface area contributed by atoms with E-state index in [4.69, 9.17) is 0 Å². The number of aliphatic imine (C=N–C) groups is 1. The van der Waals surface area contributed by atoms with Crippen LogP contribution in [0.3, 0.4) is 0 Å². The molecule has 1 atom stereocenters. The molecular formula is C21H25N7O. The van der Waals surface area contributed by atoms with E-state index in [0.29, 0.717) is 17.1 Å². The highest BCUT2D eigenvalue weighted by Crippen LogP contribution is 2.44. The number of aromatic nitrogens is 3. The van der Waals surface area contributed by atoms with Gasteiger partial charge in [0.15, 0.2) is 5.82 Å². The Kier molecular flexibility index (Phi) is 4.31. The van der Waals surface area contributed by atoms with Crippen LogP contribution < -0.4 is 10.6 Å². The third kappa shape index (κ3) is 3.72. The molecule has 8 heteroatoms. The van der Waals surface area contributed by atoms with E-state index in [0.717, 1.165) is 48.5 Å². The molecule has 1 aliphatic carbocycles. The van der Waals surface area contributed by atoms with Crippen LogP contribution in [0, 0.1) is 11.3 Å². The summed E-state index contributed by atoms with van der Waals surface area (Å²) in [5, 5.41) is 7.43. The number of nitrogens with one attached hydrogen (secondary N) is 2. The fraction of sp³-hybridized carbons (Fsp3) is 0.476. The molecule has 0 radical (unpaired) electrons. The molecule has 1 unspecified atom stereocenters. The highest BCUT2D eigenvalue weighted by Gasteiger charge is 2.37. The topological polar surface area (TPSA) is 95.4 Å². The van der Waals surface area contributed by atoms with Gasteiger partial charge in [-0.3, -0.25) is 4.79 Å². The molecule has 29 heavy (non-hydrogen) atoms. The smallest absolute Gasteiger partial charge is 0.293 e. The molecule has 1 saturated heterocycles. The molecule has 2 N–H and O–H groups in total. The van der Waals surface area contributed by atoms with Gasteiger partial charge in [-0.1, -0.05) is 6.92 Å². The van der Waals surface area contributed by atoms with Gasteiger partial charge in [0, 0.05) is 49.0 Å². The van der Waals surface area contributed by atoms with Crippen molar-refractivity contribution in [3.63, 3.8) is 0 Å². The van der Waals surface area contributed by atoms with E-state index < -0.39 is 0 Å². The Labute approximate surface area is 169 Å². The molecule has 0 aromatic carbocycles. The van der Waals surface area contributed by atoms with Crippen LogP contribution in [0.4, 0.5) is 11.8 Å². The fourth-order valence-corrected chi connectivity index (χ4v) is 3.82. The predicted octanol–water partition coefficient (Wildman–Crippen LogP) is 2.47. The van der Waals surface area contributed by atoms with Gasteiger partial charge < -0.3 is 15.5 Å². The highest BCUT2D eigenvalue weighted by atomic mass is 16.1. The summed E-state index contributed by atoms with van der Waals surface area (Å²) in [6, 6.07) is 1.89. The number of carbonyl (C=O) groups is 1. The van der Waals surface area contributed by atoms with Gasteiger partial charge in [0.05, 0.1) is 0 Å². The maximum Gasteiger partial charge on any atom is 0.293 e. The molecular weight excluding hydrogens is 366 g/mol. The third-order valence-corrected chi connectivity index (χ3v) is 6.06. The molecule has 2 fully saturated rings. The van der Waals surface area contributed by atoms with Crippen molar-refractivity contribution in [3.05, 3.63) is 30.2 Å². The van der Waals surface area contributed by atoms with Crippen molar-refractivity contribution >= 4 is 34.3 Å². The summed E-state index contributed by atoms with van der Waals surface area (Å²) >= 11 is 0.